The first kappa shape index (κ1) is 24.1. The molecule has 1 saturated heterocycles. The van der Waals surface area contributed by atoms with Crippen molar-refractivity contribution in [1.82, 2.24) is 15.5 Å². The van der Waals surface area contributed by atoms with Gasteiger partial charge in [0.1, 0.15) is 5.82 Å². The maximum atomic E-state index is 13.5. The maximum Gasteiger partial charge on any atom is 0.191 e. The predicted molar refractivity (Wildman–Crippen MR) is 121 cm³/mol. The molecule has 0 atom stereocenters. The molecule has 1 aromatic carbocycles. The van der Waals surface area contributed by atoms with E-state index in [9.17, 15) is 4.39 Å². The van der Waals surface area contributed by atoms with Crippen LogP contribution in [0.25, 0.3) is 0 Å². The first-order chi connectivity index (χ1) is 12.5. The zero-order valence-corrected chi connectivity index (χ0v) is 19.1. The smallest absolute Gasteiger partial charge is 0.191 e. The molecular weight excluding hydrogens is 458 g/mol. The van der Waals surface area contributed by atoms with Crippen LogP contribution in [0.2, 0.25) is 0 Å². The summed E-state index contributed by atoms with van der Waals surface area (Å²) in [5.74, 6) is 0.617. The zero-order valence-electron chi connectivity index (χ0n) is 16.8. The summed E-state index contributed by atoms with van der Waals surface area (Å²) >= 11 is 0. The summed E-state index contributed by atoms with van der Waals surface area (Å²) in [7, 11) is 0. The first-order valence-corrected chi connectivity index (χ1v) is 9.59. The first-order valence-electron chi connectivity index (χ1n) is 9.59. The van der Waals surface area contributed by atoms with Crippen molar-refractivity contribution in [2.75, 3.05) is 52.5 Å². The summed E-state index contributed by atoms with van der Waals surface area (Å²) in [6.45, 7) is 13.3. The fraction of sp³-hybridized carbons (Fsp3) is 0.650. The highest BCUT2D eigenvalue weighted by Gasteiger charge is 2.21. The third-order valence-electron chi connectivity index (χ3n) is 4.63. The number of nitrogens with one attached hydrogen (secondary N) is 2. The lowest BCUT2D eigenvalue weighted by Gasteiger charge is -2.26. The number of benzene rings is 1. The van der Waals surface area contributed by atoms with E-state index in [1.54, 1.807) is 12.1 Å². The van der Waals surface area contributed by atoms with Gasteiger partial charge in [-0.3, -0.25) is 9.89 Å². The van der Waals surface area contributed by atoms with Gasteiger partial charge in [0.2, 0.25) is 0 Å². The van der Waals surface area contributed by atoms with Crippen molar-refractivity contribution >= 4 is 29.9 Å². The van der Waals surface area contributed by atoms with E-state index in [1.165, 1.54) is 6.07 Å². The van der Waals surface area contributed by atoms with Crippen molar-refractivity contribution in [1.29, 1.82) is 0 Å². The van der Waals surface area contributed by atoms with Gasteiger partial charge in [0.25, 0.3) is 0 Å². The van der Waals surface area contributed by atoms with Crippen molar-refractivity contribution in [3.63, 3.8) is 0 Å². The summed E-state index contributed by atoms with van der Waals surface area (Å²) in [6, 6.07) is 6.79. The number of nitrogens with zero attached hydrogens (tertiary/aromatic N) is 2. The van der Waals surface area contributed by atoms with E-state index in [1.807, 2.05) is 6.07 Å². The monoisotopic (exact) mass is 492 g/mol. The second-order valence-electron chi connectivity index (χ2n) is 7.32. The molecule has 27 heavy (non-hydrogen) atoms. The third kappa shape index (κ3) is 8.74. The number of guanidine groups is 1. The molecule has 5 nitrogen and oxygen atoms in total. The predicted octanol–water partition coefficient (Wildman–Crippen LogP) is 3.00. The molecule has 0 spiro atoms. The van der Waals surface area contributed by atoms with Gasteiger partial charge in [-0.25, -0.2) is 4.39 Å². The molecule has 0 unspecified atom stereocenters. The molecule has 7 heteroatoms. The minimum Gasteiger partial charge on any atom is -0.379 e. The average Bonchev–Trinajstić information content (AvgIpc) is 2.64. The van der Waals surface area contributed by atoms with Crippen LogP contribution in [0.15, 0.2) is 29.3 Å². The van der Waals surface area contributed by atoms with Crippen molar-refractivity contribution in [3.05, 3.63) is 35.6 Å². The molecule has 0 bridgehead atoms. The molecular formula is C20H34FIN4O. The van der Waals surface area contributed by atoms with Crippen LogP contribution in [0.1, 0.15) is 32.8 Å². The Kier molecular flexibility index (Phi) is 11.2. The Bertz CT molecular complexity index is 577. The van der Waals surface area contributed by atoms with E-state index in [0.717, 1.165) is 63.9 Å². The number of morpholine rings is 1. The van der Waals surface area contributed by atoms with Gasteiger partial charge < -0.3 is 15.4 Å². The van der Waals surface area contributed by atoms with Gasteiger partial charge in [-0.1, -0.05) is 26.0 Å². The zero-order chi connectivity index (χ0) is 18.8. The molecule has 0 aromatic heterocycles. The van der Waals surface area contributed by atoms with Crippen LogP contribution in [-0.2, 0) is 10.2 Å². The van der Waals surface area contributed by atoms with Gasteiger partial charge in [-0.05, 0) is 37.6 Å². The standard InChI is InChI=1S/C20H33FN4O.HI/c1-4-22-19(23-9-6-10-25-11-13-26-14-12-25)24-16-20(2,3)17-7-5-8-18(21)15-17;/h5,7-8,15H,4,6,9-14,16H2,1-3H3,(H2,22,23,24);1H. The quantitative estimate of drug-likeness (QED) is 0.254. The fourth-order valence-corrected chi connectivity index (χ4v) is 2.95. The Hall–Kier alpha value is -0.930. The van der Waals surface area contributed by atoms with E-state index < -0.39 is 0 Å². The van der Waals surface area contributed by atoms with Crippen LogP contribution in [-0.4, -0.2) is 63.3 Å². The highest BCUT2D eigenvalue weighted by atomic mass is 127. The van der Waals surface area contributed by atoms with E-state index in [2.05, 4.69) is 36.3 Å². The summed E-state index contributed by atoms with van der Waals surface area (Å²) < 4.78 is 18.9. The Balaban J connectivity index is 0.00000364. The molecule has 154 valence electrons. The Morgan fingerprint density at radius 2 is 2.00 bits per heavy atom. The normalized spacial score (nSPS) is 15.9. The molecule has 0 saturated carbocycles. The van der Waals surface area contributed by atoms with Crippen molar-refractivity contribution in [2.24, 2.45) is 4.99 Å². The summed E-state index contributed by atoms with van der Waals surface area (Å²) in [5.41, 5.74) is 0.738. The maximum absolute atomic E-state index is 13.5. The second-order valence-corrected chi connectivity index (χ2v) is 7.32. The van der Waals surface area contributed by atoms with Crippen LogP contribution < -0.4 is 10.6 Å². The van der Waals surface area contributed by atoms with E-state index in [-0.39, 0.29) is 35.2 Å². The SMILES string of the molecule is CCNC(=NCC(C)(C)c1cccc(F)c1)NCCCN1CCOCC1.I. The number of halogens is 2. The second kappa shape index (κ2) is 12.5. The van der Waals surface area contributed by atoms with Gasteiger partial charge in [0.15, 0.2) is 5.96 Å². The summed E-state index contributed by atoms with van der Waals surface area (Å²) in [5, 5.41) is 6.69. The Labute approximate surface area is 180 Å². The number of hydrogen-bond acceptors (Lipinski definition) is 3. The lowest BCUT2D eigenvalue weighted by Crippen LogP contribution is -2.41. The molecule has 1 aliphatic heterocycles. The molecule has 1 aliphatic rings. The minimum absolute atomic E-state index is 0. The molecule has 1 heterocycles. The van der Waals surface area contributed by atoms with Gasteiger partial charge in [-0.15, -0.1) is 24.0 Å². The van der Waals surface area contributed by atoms with Crippen LogP contribution >= 0.6 is 24.0 Å². The topological polar surface area (TPSA) is 48.9 Å². The van der Waals surface area contributed by atoms with Gasteiger partial charge in [-0.2, -0.15) is 0 Å². The van der Waals surface area contributed by atoms with Crippen LogP contribution in [0, 0.1) is 5.82 Å². The summed E-state index contributed by atoms with van der Waals surface area (Å²) in [4.78, 5) is 7.15. The van der Waals surface area contributed by atoms with E-state index in [4.69, 9.17) is 9.73 Å². The molecule has 0 radical (unpaired) electrons. The lowest BCUT2D eigenvalue weighted by molar-refractivity contribution is 0.0376. The Morgan fingerprint density at radius 1 is 1.26 bits per heavy atom. The molecule has 1 fully saturated rings. The van der Waals surface area contributed by atoms with Gasteiger partial charge in [0.05, 0.1) is 19.8 Å². The highest BCUT2D eigenvalue weighted by molar-refractivity contribution is 14.0. The van der Waals surface area contributed by atoms with E-state index in [0.29, 0.717) is 6.54 Å². The number of ether oxygens (including phenoxy) is 1. The third-order valence-corrected chi connectivity index (χ3v) is 4.63. The average molecular weight is 492 g/mol. The molecule has 2 rings (SSSR count). The summed E-state index contributed by atoms with van der Waals surface area (Å²) in [6.07, 6.45) is 1.07. The molecule has 1 aromatic rings. The van der Waals surface area contributed by atoms with Crippen LogP contribution in [0.3, 0.4) is 0 Å². The lowest BCUT2D eigenvalue weighted by atomic mass is 9.85. The number of aliphatic imine (C=N–C) groups is 1. The molecule has 2 N–H and O–H groups in total. The fourth-order valence-electron chi connectivity index (χ4n) is 2.95. The number of rotatable bonds is 8. The van der Waals surface area contributed by atoms with Crippen molar-refractivity contribution in [2.45, 2.75) is 32.6 Å². The minimum atomic E-state index is -0.224. The van der Waals surface area contributed by atoms with Gasteiger partial charge >= 0.3 is 0 Å². The number of hydrogen-bond donors (Lipinski definition) is 2. The van der Waals surface area contributed by atoms with E-state index >= 15 is 0 Å². The van der Waals surface area contributed by atoms with Crippen LogP contribution in [0.5, 0.6) is 0 Å². The highest BCUT2D eigenvalue weighted by Crippen LogP contribution is 2.24. The Morgan fingerprint density at radius 3 is 2.67 bits per heavy atom. The van der Waals surface area contributed by atoms with Crippen LogP contribution in [0.4, 0.5) is 4.39 Å². The van der Waals surface area contributed by atoms with Gasteiger partial charge in [0, 0.05) is 31.6 Å². The largest absolute Gasteiger partial charge is 0.379 e. The molecule has 0 amide bonds. The van der Waals surface area contributed by atoms with Crippen molar-refractivity contribution < 1.29 is 9.13 Å². The molecule has 0 aliphatic carbocycles. The van der Waals surface area contributed by atoms with Crippen molar-refractivity contribution in [3.8, 4) is 0 Å².